The van der Waals surface area contributed by atoms with Crippen LogP contribution < -0.4 is 0 Å². The van der Waals surface area contributed by atoms with E-state index in [2.05, 4.69) is 9.88 Å². The standard InChI is InChI=1S/C18H21N3O3/c22-17(11-13-12-19-15-4-2-1-3-14(13)15)21-8-6-20(7-9-21)16-5-10-24-18(16)23/h1-4,12,16,19H,5-11H2/t16-/m0/s1. The number of nitrogens with zero attached hydrogens (tertiary/aromatic N) is 2. The minimum absolute atomic E-state index is 0.115. The number of benzene rings is 1. The lowest BCUT2D eigenvalue weighted by Crippen LogP contribution is -2.53. The molecular formula is C18H21N3O3. The van der Waals surface area contributed by atoms with Crippen LogP contribution in [0.15, 0.2) is 30.5 Å². The fourth-order valence-corrected chi connectivity index (χ4v) is 3.65. The molecule has 1 aromatic carbocycles. The second kappa shape index (κ2) is 6.28. The number of rotatable bonds is 3. The van der Waals surface area contributed by atoms with Crippen molar-refractivity contribution in [1.29, 1.82) is 0 Å². The van der Waals surface area contributed by atoms with Crippen LogP contribution in [0.25, 0.3) is 10.9 Å². The van der Waals surface area contributed by atoms with Crippen molar-refractivity contribution >= 4 is 22.8 Å². The molecule has 6 heteroatoms. The number of cyclic esters (lactones) is 1. The van der Waals surface area contributed by atoms with Crippen LogP contribution in [-0.2, 0) is 20.7 Å². The van der Waals surface area contributed by atoms with E-state index in [1.807, 2.05) is 35.4 Å². The number of nitrogens with one attached hydrogen (secondary N) is 1. The predicted octanol–water partition coefficient (Wildman–Crippen LogP) is 1.17. The molecule has 1 N–H and O–H groups in total. The Balaban J connectivity index is 1.37. The molecule has 3 heterocycles. The van der Waals surface area contributed by atoms with Crippen LogP contribution in [0.1, 0.15) is 12.0 Å². The normalized spacial score (nSPS) is 22.1. The predicted molar refractivity (Wildman–Crippen MR) is 89.5 cm³/mol. The molecule has 1 aromatic heterocycles. The SMILES string of the molecule is O=C1OCC[C@@H]1N1CCN(C(=O)Cc2c[nH]c3ccccc23)CC1. The summed E-state index contributed by atoms with van der Waals surface area (Å²) in [6, 6.07) is 7.91. The van der Waals surface area contributed by atoms with E-state index in [4.69, 9.17) is 4.74 Å². The molecule has 0 unspecified atom stereocenters. The summed E-state index contributed by atoms with van der Waals surface area (Å²) in [6.45, 7) is 3.33. The van der Waals surface area contributed by atoms with Gasteiger partial charge in [-0.3, -0.25) is 14.5 Å². The Labute approximate surface area is 140 Å². The maximum atomic E-state index is 12.6. The van der Waals surface area contributed by atoms with Crippen LogP contribution >= 0.6 is 0 Å². The van der Waals surface area contributed by atoms with Gasteiger partial charge in [-0.1, -0.05) is 18.2 Å². The number of piperazine rings is 1. The van der Waals surface area contributed by atoms with Crippen LogP contribution in [0, 0.1) is 0 Å². The molecule has 0 spiro atoms. The van der Waals surface area contributed by atoms with Crippen LogP contribution in [0.5, 0.6) is 0 Å². The molecule has 2 aromatic rings. The summed E-state index contributed by atoms with van der Waals surface area (Å²) >= 11 is 0. The average molecular weight is 327 g/mol. The molecule has 126 valence electrons. The summed E-state index contributed by atoms with van der Waals surface area (Å²) in [4.78, 5) is 31.5. The van der Waals surface area contributed by atoms with E-state index >= 15 is 0 Å². The van der Waals surface area contributed by atoms with Crippen molar-refractivity contribution in [2.75, 3.05) is 32.8 Å². The third-order valence-electron chi connectivity index (χ3n) is 5.03. The smallest absolute Gasteiger partial charge is 0.323 e. The first-order chi connectivity index (χ1) is 11.7. The maximum absolute atomic E-state index is 12.6. The first-order valence-corrected chi connectivity index (χ1v) is 8.46. The van der Waals surface area contributed by atoms with Gasteiger partial charge in [-0.05, 0) is 11.6 Å². The van der Waals surface area contributed by atoms with Gasteiger partial charge in [0.1, 0.15) is 6.04 Å². The lowest BCUT2D eigenvalue weighted by molar-refractivity contribution is -0.143. The summed E-state index contributed by atoms with van der Waals surface area (Å²) < 4.78 is 5.04. The number of para-hydroxylation sites is 1. The molecule has 2 fully saturated rings. The lowest BCUT2D eigenvalue weighted by atomic mass is 10.1. The Hall–Kier alpha value is -2.34. The topological polar surface area (TPSA) is 65.6 Å². The van der Waals surface area contributed by atoms with E-state index in [-0.39, 0.29) is 17.9 Å². The van der Waals surface area contributed by atoms with Crippen LogP contribution in [-0.4, -0.2) is 65.5 Å². The molecule has 0 radical (unpaired) electrons. The maximum Gasteiger partial charge on any atom is 0.323 e. The van der Waals surface area contributed by atoms with Crippen molar-refractivity contribution in [1.82, 2.24) is 14.8 Å². The molecule has 2 saturated heterocycles. The fourth-order valence-electron chi connectivity index (χ4n) is 3.65. The van der Waals surface area contributed by atoms with E-state index in [0.29, 0.717) is 26.1 Å². The summed E-state index contributed by atoms with van der Waals surface area (Å²) in [7, 11) is 0. The number of aromatic amines is 1. The van der Waals surface area contributed by atoms with Crippen LogP contribution in [0.2, 0.25) is 0 Å². The Bertz CT molecular complexity index is 762. The first kappa shape index (κ1) is 15.2. The van der Waals surface area contributed by atoms with Gasteiger partial charge in [0.15, 0.2) is 0 Å². The van der Waals surface area contributed by atoms with Gasteiger partial charge in [0.25, 0.3) is 0 Å². The number of fused-ring (bicyclic) bond motifs is 1. The van der Waals surface area contributed by atoms with Crippen molar-refractivity contribution in [3.8, 4) is 0 Å². The van der Waals surface area contributed by atoms with E-state index in [1.165, 1.54) is 0 Å². The zero-order valence-corrected chi connectivity index (χ0v) is 13.5. The van der Waals surface area contributed by atoms with Gasteiger partial charge in [-0.25, -0.2) is 0 Å². The number of H-pyrrole nitrogens is 1. The quantitative estimate of drug-likeness (QED) is 0.860. The Morgan fingerprint density at radius 1 is 1.21 bits per heavy atom. The van der Waals surface area contributed by atoms with Gasteiger partial charge >= 0.3 is 5.97 Å². The van der Waals surface area contributed by atoms with Gasteiger partial charge in [-0.2, -0.15) is 0 Å². The van der Waals surface area contributed by atoms with Gasteiger partial charge in [0.2, 0.25) is 5.91 Å². The highest BCUT2D eigenvalue weighted by Gasteiger charge is 2.34. The van der Waals surface area contributed by atoms with E-state index in [1.54, 1.807) is 0 Å². The second-order valence-electron chi connectivity index (χ2n) is 6.42. The summed E-state index contributed by atoms with van der Waals surface area (Å²) in [5.41, 5.74) is 2.10. The Kier molecular flexibility index (Phi) is 3.98. The summed E-state index contributed by atoms with van der Waals surface area (Å²) in [6.07, 6.45) is 3.10. The zero-order chi connectivity index (χ0) is 16.5. The monoisotopic (exact) mass is 327 g/mol. The van der Waals surface area contributed by atoms with Crippen molar-refractivity contribution in [2.45, 2.75) is 18.9 Å². The fraction of sp³-hybridized carbons (Fsp3) is 0.444. The number of ether oxygens (including phenoxy) is 1. The van der Waals surface area contributed by atoms with Crippen molar-refractivity contribution in [3.63, 3.8) is 0 Å². The van der Waals surface area contributed by atoms with Gasteiger partial charge in [0, 0.05) is 49.7 Å². The largest absolute Gasteiger partial charge is 0.464 e. The number of aromatic nitrogens is 1. The third-order valence-corrected chi connectivity index (χ3v) is 5.03. The molecule has 2 aliphatic heterocycles. The van der Waals surface area contributed by atoms with Crippen LogP contribution in [0.4, 0.5) is 0 Å². The number of esters is 1. The van der Waals surface area contributed by atoms with Crippen molar-refractivity contribution in [2.24, 2.45) is 0 Å². The van der Waals surface area contributed by atoms with Crippen molar-refractivity contribution < 1.29 is 14.3 Å². The number of amides is 1. The molecule has 2 aliphatic rings. The molecule has 0 aliphatic carbocycles. The zero-order valence-electron chi connectivity index (χ0n) is 13.5. The minimum Gasteiger partial charge on any atom is -0.464 e. The van der Waals surface area contributed by atoms with Gasteiger partial charge in [0.05, 0.1) is 13.0 Å². The molecule has 0 saturated carbocycles. The number of hydrogen-bond donors (Lipinski definition) is 1. The van der Waals surface area contributed by atoms with Crippen molar-refractivity contribution in [3.05, 3.63) is 36.0 Å². The second-order valence-corrected chi connectivity index (χ2v) is 6.42. The third kappa shape index (κ3) is 2.78. The highest BCUT2D eigenvalue weighted by Crippen LogP contribution is 2.20. The molecule has 6 nitrogen and oxygen atoms in total. The molecule has 24 heavy (non-hydrogen) atoms. The number of hydrogen-bond acceptors (Lipinski definition) is 4. The van der Waals surface area contributed by atoms with E-state index in [9.17, 15) is 9.59 Å². The highest BCUT2D eigenvalue weighted by molar-refractivity contribution is 5.89. The molecule has 4 rings (SSSR count). The van der Waals surface area contributed by atoms with E-state index < -0.39 is 0 Å². The Morgan fingerprint density at radius 2 is 2.00 bits per heavy atom. The minimum atomic E-state index is -0.117. The van der Waals surface area contributed by atoms with Gasteiger partial charge < -0.3 is 14.6 Å². The van der Waals surface area contributed by atoms with E-state index in [0.717, 1.165) is 36.0 Å². The summed E-state index contributed by atoms with van der Waals surface area (Å²) in [5, 5.41) is 1.11. The number of carbonyl (C=O) groups excluding carboxylic acids is 2. The molecular weight excluding hydrogens is 306 g/mol. The lowest BCUT2D eigenvalue weighted by Gasteiger charge is -2.36. The Morgan fingerprint density at radius 3 is 2.75 bits per heavy atom. The first-order valence-electron chi connectivity index (χ1n) is 8.46. The number of carbonyl (C=O) groups is 2. The summed E-state index contributed by atoms with van der Waals surface area (Å²) in [5.74, 6) is 0.0296. The highest BCUT2D eigenvalue weighted by atomic mass is 16.5. The molecule has 1 atom stereocenters. The molecule has 1 amide bonds. The average Bonchev–Trinajstić information content (AvgIpc) is 3.22. The van der Waals surface area contributed by atoms with Crippen LogP contribution in [0.3, 0.4) is 0 Å². The van der Waals surface area contributed by atoms with Gasteiger partial charge in [-0.15, -0.1) is 0 Å². The molecule has 0 bridgehead atoms.